The number of hydrogen-bond acceptors (Lipinski definition) is 4. The maximum Gasteiger partial charge on any atom is 0.410 e. The zero-order valence-electron chi connectivity index (χ0n) is 17.0. The Morgan fingerprint density at radius 3 is 2.48 bits per heavy atom. The van der Waals surface area contributed by atoms with Gasteiger partial charge in [0, 0.05) is 38.4 Å². The van der Waals surface area contributed by atoms with E-state index in [4.69, 9.17) is 4.74 Å². The van der Waals surface area contributed by atoms with Crippen LogP contribution in [-0.4, -0.2) is 66.7 Å². The van der Waals surface area contributed by atoms with Gasteiger partial charge < -0.3 is 19.9 Å². The molecule has 6 nitrogen and oxygen atoms in total. The first kappa shape index (κ1) is 19.0. The maximum absolute atomic E-state index is 13.0. The molecule has 4 rings (SSSR count). The highest BCUT2D eigenvalue weighted by atomic mass is 16.6. The van der Waals surface area contributed by atoms with Crippen molar-refractivity contribution < 1.29 is 14.3 Å². The Kier molecular flexibility index (Phi) is 5.12. The fourth-order valence-electron chi connectivity index (χ4n) is 5.48. The predicted molar refractivity (Wildman–Crippen MR) is 103 cm³/mol. The van der Waals surface area contributed by atoms with Crippen molar-refractivity contribution in [2.45, 2.75) is 64.4 Å². The third kappa shape index (κ3) is 3.57. The fourth-order valence-corrected chi connectivity index (χ4v) is 5.48. The lowest BCUT2D eigenvalue weighted by Crippen LogP contribution is -2.49. The van der Waals surface area contributed by atoms with E-state index in [1.165, 1.54) is 0 Å². The largest absolute Gasteiger partial charge is 0.441 e. The van der Waals surface area contributed by atoms with Crippen LogP contribution in [0.5, 0.6) is 0 Å². The molecule has 0 aromatic rings. The zero-order chi connectivity index (χ0) is 19.1. The topological polar surface area (TPSA) is 61.9 Å². The molecule has 27 heavy (non-hydrogen) atoms. The molecular weight excluding hydrogens is 342 g/mol. The van der Waals surface area contributed by atoms with Gasteiger partial charge in [-0.2, -0.15) is 0 Å². The van der Waals surface area contributed by atoms with Crippen molar-refractivity contribution in [3.8, 4) is 0 Å². The minimum Gasteiger partial charge on any atom is -0.441 e. The van der Waals surface area contributed by atoms with E-state index >= 15 is 0 Å². The maximum atomic E-state index is 13.0. The van der Waals surface area contributed by atoms with Gasteiger partial charge in [0.25, 0.3) is 0 Å². The molecule has 0 unspecified atom stereocenters. The Morgan fingerprint density at radius 2 is 1.85 bits per heavy atom. The molecule has 152 valence electrons. The Labute approximate surface area is 163 Å². The molecule has 0 aromatic carbocycles. The number of hydrogen-bond donors (Lipinski definition) is 1. The summed E-state index contributed by atoms with van der Waals surface area (Å²) >= 11 is 0. The van der Waals surface area contributed by atoms with Crippen molar-refractivity contribution in [3.05, 3.63) is 0 Å². The summed E-state index contributed by atoms with van der Waals surface area (Å²) in [6.45, 7) is 9.43. The van der Waals surface area contributed by atoms with E-state index in [0.717, 1.165) is 77.7 Å². The normalized spacial score (nSPS) is 28.9. The van der Waals surface area contributed by atoms with Gasteiger partial charge in [0.05, 0.1) is 6.54 Å². The van der Waals surface area contributed by atoms with Gasteiger partial charge in [-0.1, -0.05) is 26.7 Å². The summed E-state index contributed by atoms with van der Waals surface area (Å²) in [5, 5.41) is 3.40. The lowest BCUT2D eigenvalue weighted by molar-refractivity contribution is -0.137. The number of carbonyl (C=O) groups is 2. The Hall–Kier alpha value is -1.30. The third-order valence-electron chi connectivity index (χ3n) is 7.75. The molecular formula is C21H35N3O3. The number of nitrogens with zero attached hydrogens (tertiary/aromatic N) is 2. The van der Waals surface area contributed by atoms with E-state index in [0.29, 0.717) is 23.8 Å². The highest BCUT2D eigenvalue weighted by molar-refractivity contribution is 5.83. The van der Waals surface area contributed by atoms with Crippen LogP contribution < -0.4 is 5.32 Å². The van der Waals surface area contributed by atoms with Crippen molar-refractivity contribution in [2.75, 3.05) is 39.3 Å². The highest BCUT2D eigenvalue weighted by Crippen LogP contribution is 2.59. The average Bonchev–Trinajstić information content (AvgIpc) is 3.28. The average molecular weight is 378 g/mol. The van der Waals surface area contributed by atoms with Crippen LogP contribution in [0.1, 0.15) is 58.8 Å². The molecule has 3 saturated heterocycles. The number of rotatable bonds is 5. The Bertz CT molecular complexity index is 575. The molecule has 4 aliphatic rings. The molecule has 1 N–H and O–H groups in total. The summed E-state index contributed by atoms with van der Waals surface area (Å²) in [4.78, 5) is 29.3. The summed E-state index contributed by atoms with van der Waals surface area (Å²) < 4.78 is 5.85. The Morgan fingerprint density at radius 1 is 1.19 bits per heavy atom. The fraction of sp³-hybridized carbons (Fsp3) is 0.905. The lowest BCUT2D eigenvalue weighted by Gasteiger charge is -2.38. The molecule has 0 radical (unpaired) electrons. The van der Waals surface area contributed by atoms with Gasteiger partial charge in [-0.15, -0.1) is 0 Å². The number of nitrogens with one attached hydrogen (secondary N) is 1. The molecule has 4 fully saturated rings. The molecule has 3 aliphatic heterocycles. The van der Waals surface area contributed by atoms with Crippen LogP contribution in [-0.2, 0) is 9.53 Å². The molecule has 2 spiro atoms. The van der Waals surface area contributed by atoms with Crippen LogP contribution in [0.25, 0.3) is 0 Å². The van der Waals surface area contributed by atoms with E-state index in [1.807, 2.05) is 9.80 Å². The molecule has 0 aromatic heterocycles. The van der Waals surface area contributed by atoms with Gasteiger partial charge >= 0.3 is 6.09 Å². The molecule has 1 atom stereocenters. The highest BCUT2D eigenvalue weighted by Gasteiger charge is 2.59. The van der Waals surface area contributed by atoms with Gasteiger partial charge in [0.1, 0.15) is 5.60 Å². The van der Waals surface area contributed by atoms with Gasteiger partial charge in [-0.3, -0.25) is 4.79 Å². The number of amides is 2. The number of piperidine rings is 2. The van der Waals surface area contributed by atoms with E-state index in [1.54, 1.807) is 0 Å². The van der Waals surface area contributed by atoms with E-state index in [-0.39, 0.29) is 17.6 Å². The summed E-state index contributed by atoms with van der Waals surface area (Å²) in [5.74, 6) is 1.14. The van der Waals surface area contributed by atoms with Crippen molar-refractivity contribution in [1.29, 1.82) is 0 Å². The Balaban J connectivity index is 1.30. The SMILES string of the molecule is CCC(CC)CN1CC2(CCN(C(=O)[C@@H]3CC34CCNCC4)CC2)OC1=O. The number of carbonyl (C=O) groups excluding carboxylic acids is 2. The quantitative estimate of drug-likeness (QED) is 0.800. The second kappa shape index (κ2) is 7.26. The van der Waals surface area contributed by atoms with Crippen LogP contribution in [0.2, 0.25) is 0 Å². The standard InChI is InChI=1S/C21H35N3O3/c1-3-16(4-2)14-24-15-21(27-19(24)26)7-11-23(12-8-21)18(25)17-13-20(17)5-9-22-10-6-20/h16-17,22H,3-15H2,1-2H3/t17-/m0/s1. The molecule has 3 heterocycles. The summed E-state index contributed by atoms with van der Waals surface area (Å²) in [5.41, 5.74) is -0.0701. The summed E-state index contributed by atoms with van der Waals surface area (Å²) in [6.07, 6.45) is 6.96. The minimum atomic E-state index is -0.365. The number of likely N-dealkylation sites (tertiary alicyclic amines) is 1. The van der Waals surface area contributed by atoms with E-state index < -0.39 is 0 Å². The zero-order valence-corrected chi connectivity index (χ0v) is 17.0. The molecule has 2 amide bonds. The van der Waals surface area contributed by atoms with Crippen molar-refractivity contribution in [3.63, 3.8) is 0 Å². The second-order valence-corrected chi connectivity index (χ2v) is 9.31. The molecule has 6 heteroatoms. The lowest BCUT2D eigenvalue weighted by atomic mass is 9.89. The summed E-state index contributed by atoms with van der Waals surface area (Å²) in [7, 11) is 0. The van der Waals surface area contributed by atoms with Crippen molar-refractivity contribution >= 4 is 12.0 Å². The van der Waals surface area contributed by atoms with Gasteiger partial charge in [0.15, 0.2) is 0 Å². The first-order valence-electron chi connectivity index (χ1n) is 11.0. The van der Waals surface area contributed by atoms with Gasteiger partial charge in [-0.25, -0.2) is 4.79 Å². The van der Waals surface area contributed by atoms with Gasteiger partial charge in [0.2, 0.25) is 5.91 Å². The van der Waals surface area contributed by atoms with Crippen molar-refractivity contribution in [1.82, 2.24) is 15.1 Å². The van der Waals surface area contributed by atoms with Crippen LogP contribution in [0.4, 0.5) is 4.79 Å². The summed E-state index contributed by atoms with van der Waals surface area (Å²) in [6, 6.07) is 0. The minimum absolute atomic E-state index is 0.155. The smallest absolute Gasteiger partial charge is 0.410 e. The first-order chi connectivity index (χ1) is 13.0. The monoisotopic (exact) mass is 377 g/mol. The van der Waals surface area contributed by atoms with Crippen LogP contribution in [0.3, 0.4) is 0 Å². The predicted octanol–water partition coefficient (Wildman–Crippen LogP) is 2.63. The first-order valence-corrected chi connectivity index (χ1v) is 11.0. The van der Waals surface area contributed by atoms with Crippen molar-refractivity contribution in [2.24, 2.45) is 17.3 Å². The second-order valence-electron chi connectivity index (χ2n) is 9.31. The van der Waals surface area contributed by atoms with E-state index in [2.05, 4.69) is 19.2 Å². The molecule has 0 bridgehead atoms. The van der Waals surface area contributed by atoms with Crippen LogP contribution >= 0.6 is 0 Å². The van der Waals surface area contributed by atoms with Crippen LogP contribution in [0, 0.1) is 17.3 Å². The molecule has 1 saturated carbocycles. The third-order valence-corrected chi connectivity index (χ3v) is 7.75. The van der Waals surface area contributed by atoms with Crippen LogP contribution in [0.15, 0.2) is 0 Å². The van der Waals surface area contributed by atoms with Gasteiger partial charge in [-0.05, 0) is 43.7 Å². The molecule has 1 aliphatic carbocycles. The van der Waals surface area contributed by atoms with E-state index in [9.17, 15) is 9.59 Å². The number of ether oxygens (including phenoxy) is 1.